The van der Waals surface area contributed by atoms with Gasteiger partial charge < -0.3 is 5.73 Å². The molecule has 0 unspecified atom stereocenters. The van der Waals surface area contributed by atoms with Crippen molar-refractivity contribution in [3.05, 3.63) is 54.2 Å². The second kappa shape index (κ2) is 6.26. The average molecular weight is 373 g/mol. The molecule has 4 aromatic rings. The number of carbonyl (C=O) groups excluding carboxylic acids is 1. The molecule has 4 aromatic heterocycles. The van der Waals surface area contributed by atoms with Crippen LogP contribution in [0.2, 0.25) is 0 Å². The van der Waals surface area contributed by atoms with Crippen molar-refractivity contribution in [1.29, 1.82) is 0 Å². The molecule has 1 amide bonds. The minimum Gasteiger partial charge on any atom is -0.363 e. The highest BCUT2D eigenvalue weighted by Crippen LogP contribution is 2.36. The SMILES string of the molecule is Cc1cccc(-c2nn(C3CCC3)cc2-c2ccc3nnc(C(N)=O)n3c2)n1. The number of hydrogen-bond acceptors (Lipinski definition) is 5. The van der Waals surface area contributed by atoms with Crippen LogP contribution < -0.4 is 5.73 Å². The molecule has 28 heavy (non-hydrogen) atoms. The van der Waals surface area contributed by atoms with Crippen LogP contribution >= 0.6 is 0 Å². The van der Waals surface area contributed by atoms with E-state index >= 15 is 0 Å². The lowest BCUT2D eigenvalue weighted by atomic mass is 9.93. The fourth-order valence-electron chi connectivity index (χ4n) is 3.52. The molecule has 0 aromatic carbocycles. The fraction of sp³-hybridized carbons (Fsp3) is 0.250. The monoisotopic (exact) mass is 373 g/mol. The van der Waals surface area contributed by atoms with Crippen molar-refractivity contribution >= 4 is 11.6 Å². The molecule has 0 radical (unpaired) electrons. The lowest BCUT2D eigenvalue weighted by Crippen LogP contribution is -2.17. The third-order valence-electron chi connectivity index (χ3n) is 5.25. The Balaban J connectivity index is 1.70. The van der Waals surface area contributed by atoms with Crippen molar-refractivity contribution < 1.29 is 4.79 Å². The predicted molar refractivity (Wildman–Crippen MR) is 104 cm³/mol. The van der Waals surface area contributed by atoms with Gasteiger partial charge in [0.05, 0.1) is 11.7 Å². The lowest BCUT2D eigenvalue weighted by molar-refractivity contribution is 0.0989. The van der Waals surface area contributed by atoms with Crippen LogP contribution in [0.3, 0.4) is 0 Å². The summed E-state index contributed by atoms with van der Waals surface area (Å²) in [5, 5.41) is 12.8. The van der Waals surface area contributed by atoms with Crippen LogP contribution in [-0.4, -0.2) is 35.3 Å². The number of nitrogens with two attached hydrogens (primary N) is 1. The Labute approximate surface area is 161 Å². The van der Waals surface area contributed by atoms with Gasteiger partial charge in [0.15, 0.2) is 5.65 Å². The van der Waals surface area contributed by atoms with E-state index < -0.39 is 5.91 Å². The Kier molecular flexibility index (Phi) is 3.71. The highest BCUT2D eigenvalue weighted by atomic mass is 16.1. The molecule has 140 valence electrons. The predicted octanol–water partition coefficient (Wildman–Crippen LogP) is 2.79. The molecule has 2 N–H and O–H groups in total. The number of fused-ring (bicyclic) bond motifs is 1. The van der Waals surface area contributed by atoms with Gasteiger partial charge in [0.2, 0.25) is 5.82 Å². The zero-order valence-corrected chi connectivity index (χ0v) is 15.4. The highest BCUT2D eigenvalue weighted by Gasteiger charge is 2.24. The maximum atomic E-state index is 11.7. The molecule has 0 saturated heterocycles. The van der Waals surface area contributed by atoms with E-state index in [0.717, 1.165) is 41.1 Å². The van der Waals surface area contributed by atoms with Crippen molar-refractivity contribution in [1.82, 2.24) is 29.4 Å². The van der Waals surface area contributed by atoms with Crippen molar-refractivity contribution in [3.8, 4) is 22.5 Å². The maximum absolute atomic E-state index is 11.7. The molecule has 1 aliphatic rings. The van der Waals surface area contributed by atoms with Crippen LogP contribution in [-0.2, 0) is 0 Å². The zero-order valence-electron chi connectivity index (χ0n) is 15.4. The van der Waals surface area contributed by atoms with Crippen LogP contribution in [0.4, 0.5) is 0 Å². The van der Waals surface area contributed by atoms with Gasteiger partial charge in [-0.25, -0.2) is 0 Å². The largest absolute Gasteiger partial charge is 0.363 e. The molecule has 1 saturated carbocycles. The maximum Gasteiger partial charge on any atom is 0.287 e. The van der Waals surface area contributed by atoms with Gasteiger partial charge >= 0.3 is 0 Å². The zero-order chi connectivity index (χ0) is 19.3. The van der Waals surface area contributed by atoms with Crippen molar-refractivity contribution in [2.24, 2.45) is 5.73 Å². The molecule has 4 heterocycles. The van der Waals surface area contributed by atoms with Gasteiger partial charge in [-0.15, -0.1) is 10.2 Å². The molecule has 0 atom stereocenters. The van der Waals surface area contributed by atoms with Gasteiger partial charge in [-0.2, -0.15) is 5.10 Å². The summed E-state index contributed by atoms with van der Waals surface area (Å²) in [6, 6.07) is 10.1. The average Bonchev–Trinajstić information content (AvgIpc) is 3.24. The number of nitrogens with zero attached hydrogens (tertiary/aromatic N) is 6. The third kappa shape index (κ3) is 2.65. The Morgan fingerprint density at radius 2 is 2.00 bits per heavy atom. The molecule has 0 bridgehead atoms. The first-order valence-electron chi connectivity index (χ1n) is 9.28. The summed E-state index contributed by atoms with van der Waals surface area (Å²) in [5.74, 6) is -0.506. The normalized spacial score (nSPS) is 14.3. The number of primary amides is 1. The summed E-state index contributed by atoms with van der Waals surface area (Å²) < 4.78 is 3.66. The van der Waals surface area contributed by atoms with E-state index in [2.05, 4.69) is 21.4 Å². The quantitative estimate of drug-likeness (QED) is 0.592. The topological polar surface area (TPSA) is 104 Å². The summed E-state index contributed by atoms with van der Waals surface area (Å²) in [6.45, 7) is 1.97. The number of carbonyl (C=O) groups is 1. The molecule has 1 fully saturated rings. The Morgan fingerprint density at radius 1 is 1.14 bits per heavy atom. The molecule has 0 spiro atoms. The van der Waals surface area contributed by atoms with Crippen LogP contribution in [0, 0.1) is 6.92 Å². The molecule has 5 rings (SSSR count). The van der Waals surface area contributed by atoms with E-state index in [1.807, 2.05) is 48.1 Å². The van der Waals surface area contributed by atoms with Gasteiger partial charge in [-0.3, -0.25) is 18.9 Å². The van der Waals surface area contributed by atoms with E-state index in [9.17, 15) is 4.79 Å². The first kappa shape index (κ1) is 16.6. The van der Waals surface area contributed by atoms with Gasteiger partial charge in [0.25, 0.3) is 5.91 Å². The Hall–Kier alpha value is -3.55. The number of rotatable bonds is 4. The van der Waals surface area contributed by atoms with E-state index in [1.165, 1.54) is 6.42 Å². The van der Waals surface area contributed by atoms with Crippen LogP contribution in [0.15, 0.2) is 42.7 Å². The fourth-order valence-corrected chi connectivity index (χ4v) is 3.52. The van der Waals surface area contributed by atoms with Crippen LogP contribution in [0.25, 0.3) is 28.2 Å². The first-order valence-corrected chi connectivity index (χ1v) is 9.28. The summed E-state index contributed by atoms with van der Waals surface area (Å²) in [6.07, 6.45) is 7.40. The number of aryl methyl sites for hydroxylation is 1. The second-order valence-electron chi connectivity index (χ2n) is 7.15. The number of pyridine rings is 2. The molecular formula is C20H19N7O. The van der Waals surface area contributed by atoms with E-state index in [0.29, 0.717) is 11.7 Å². The van der Waals surface area contributed by atoms with Crippen LogP contribution in [0.1, 0.15) is 41.6 Å². The summed E-state index contributed by atoms with van der Waals surface area (Å²) in [4.78, 5) is 16.3. The van der Waals surface area contributed by atoms with E-state index in [1.54, 1.807) is 4.40 Å². The molecule has 8 heteroatoms. The third-order valence-corrected chi connectivity index (χ3v) is 5.25. The number of amides is 1. The number of hydrogen-bond donors (Lipinski definition) is 1. The van der Waals surface area contributed by atoms with Gasteiger partial charge in [0, 0.05) is 29.2 Å². The van der Waals surface area contributed by atoms with E-state index in [4.69, 9.17) is 10.8 Å². The molecule has 1 aliphatic carbocycles. The minimum atomic E-state index is -0.615. The molecule has 8 nitrogen and oxygen atoms in total. The standard InChI is InChI=1S/C20H19N7O/c1-12-4-2-7-16(22-12)18-15(11-27(25-18)14-5-3-6-14)13-8-9-17-23-24-20(19(21)28)26(17)10-13/h2,4,7-11,14H,3,5-6H2,1H3,(H2,21,28). The van der Waals surface area contributed by atoms with Crippen molar-refractivity contribution in [2.75, 3.05) is 0 Å². The highest BCUT2D eigenvalue weighted by molar-refractivity contribution is 5.90. The Bertz CT molecular complexity index is 1200. The van der Waals surface area contributed by atoms with Gasteiger partial charge in [0.1, 0.15) is 5.69 Å². The number of aromatic nitrogens is 6. The summed E-state index contributed by atoms with van der Waals surface area (Å²) in [5.41, 5.74) is 10.4. The Morgan fingerprint density at radius 3 is 2.71 bits per heavy atom. The van der Waals surface area contributed by atoms with Gasteiger partial charge in [-0.05, 0) is 50.5 Å². The second-order valence-corrected chi connectivity index (χ2v) is 7.15. The molecule has 0 aliphatic heterocycles. The first-order chi connectivity index (χ1) is 13.6. The van der Waals surface area contributed by atoms with Crippen LogP contribution in [0.5, 0.6) is 0 Å². The smallest absolute Gasteiger partial charge is 0.287 e. The summed E-state index contributed by atoms with van der Waals surface area (Å²) in [7, 11) is 0. The minimum absolute atomic E-state index is 0.110. The lowest BCUT2D eigenvalue weighted by Gasteiger charge is -2.25. The molecular weight excluding hydrogens is 354 g/mol. The summed E-state index contributed by atoms with van der Waals surface area (Å²) >= 11 is 0. The van der Waals surface area contributed by atoms with Gasteiger partial charge in [-0.1, -0.05) is 6.07 Å². The van der Waals surface area contributed by atoms with Crippen molar-refractivity contribution in [2.45, 2.75) is 32.2 Å². The van der Waals surface area contributed by atoms with Crippen molar-refractivity contribution in [3.63, 3.8) is 0 Å². The van der Waals surface area contributed by atoms with E-state index in [-0.39, 0.29) is 5.82 Å².